The number of imide groups is 1. The van der Waals surface area contributed by atoms with Crippen molar-refractivity contribution in [3.63, 3.8) is 0 Å². The van der Waals surface area contributed by atoms with Crippen molar-refractivity contribution < 1.29 is 27.5 Å². The molecule has 41 heavy (non-hydrogen) atoms. The van der Waals surface area contributed by atoms with Crippen molar-refractivity contribution >= 4 is 11.9 Å². The van der Waals surface area contributed by atoms with Crippen LogP contribution in [0.15, 0.2) is 36.8 Å². The molecule has 0 spiro atoms. The van der Waals surface area contributed by atoms with Crippen LogP contribution in [0, 0.1) is 5.92 Å². The summed E-state index contributed by atoms with van der Waals surface area (Å²) in [4.78, 5) is 41.7. The number of halogens is 3. The lowest BCUT2D eigenvalue weighted by Crippen LogP contribution is -2.70. The molecule has 6 rings (SSSR count). The van der Waals surface area contributed by atoms with E-state index in [9.17, 15) is 22.8 Å². The minimum atomic E-state index is -4.54. The number of carbonyl (C=O) groups excluding carboxylic acids is 2. The Bertz CT molecular complexity index is 1490. The number of alkyl halides is 3. The molecule has 3 amide bonds. The zero-order valence-electron chi connectivity index (χ0n) is 22.6. The van der Waals surface area contributed by atoms with Crippen molar-refractivity contribution in [2.45, 2.75) is 43.8 Å². The van der Waals surface area contributed by atoms with Crippen LogP contribution in [-0.2, 0) is 24.6 Å². The third-order valence-electron chi connectivity index (χ3n) is 7.83. The first kappa shape index (κ1) is 27.1. The van der Waals surface area contributed by atoms with Gasteiger partial charge in [-0.1, -0.05) is 24.3 Å². The summed E-state index contributed by atoms with van der Waals surface area (Å²) in [6.07, 6.45) is -1.16. The monoisotopic (exact) mass is 570 g/mol. The van der Waals surface area contributed by atoms with E-state index in [1.807, 2.05) is 0 Å². The Balaban J connectivity index is 1.27. The highest BCUT2D eigenvalue weighted by molar-refractivity contribution is 5.98. The van der Waals surface area contributed by atoms with Crippen LogP contribution in [0.2, 0.25) is 0 Å². The normalized spacial score (nSPS) is 23.1. The van der Waals surface area contributed by atoms with Crippen LogP contribution in [0.1, 0.15) is 47.4 Å². The topological polar surface area (TPSA) is 118 Å². The number of imidazole rings is 1. The first-order chi connectivity index (χ1) is 19.6. The van der Waals surface area contributed by atoms with Gasteiger partial charge in [-0.25, -0.2) is 19.7 Å². The van der Waals surface area contributed by atoms with E-state index < -0.39 is 36.2 Å². The number of aromatic nitrogens is 4. The molecule has 3 aliphatic rings. The predicted molar refractivity (Wildman–Crippen MR) is 139 cm³/mol. The van der Waals surface area contributed by atoms with Crippen LogP contribution in [0.25, 0.3) is 11.4 Å². The van der Waals surface area contributed by atoms with Crippen molar-refractivity contribution in [3.8, 4) is 17.3 Å². The third-order valence-corrected chi connectivity index (χ3v) is 7.83. The zero-order chi connectivity index (χ0) is 29.1. The van der Waals surface area contributed by atoms with E-state index in [2.05, 4.69) is 25.6 Å². The third kappa shape index (κ3) is 4.90. The minimum absolute atomic E-state index is 0.171. The Hall–Kier alpha value is -4.04. The molecular weight excluding hydrogens is 541 g/mol. The van der Waals surface area contributed by atoms with Gasteiger partial charge in [0.2, 0.25) is 11.8 Å². The molecule has 1 saturated carbocycles. The van der Waals surface area contributed by atoms with Gasteiger partial charge in [0.1, 0.15) is 12.2 Å². The van der Waals surface area contributed by atoms with Gasteiger partial charge < -0.3 is 14.2 Å². The van der Waals surface area contributed by atoms with Gasteiger partial charge in [0.15, 0.2) is 5.69 Å². The lowest BCUT2D eigenvalue weighted by molar-refractivity contribution is -0.141. The van der Waals surface area contributed by atoms with E-state index in [1.165, 1.54) is 25.0 Å². The number of ether oxygens (including phenoxy) is 1. The molecule has 3 unspecified atom stereocenters. The maximum atomic E-state index is 13.4. The molecule has 2 N–H and O–H groups in total. The summed E-state index contributed by atoms with van der Waals surface area (Å²) in [5.74, 6) is 0.0859. The summed E-state index contributed by atoms with van der Waals surface area (Å²) < 4.78 is 46.3. The first-order valence-electron chi connectivity index (χ1n) is 13.2. The van der Waals surface area contributed by atoms with Crippen molar-refractivity contribution in [1.29, 1.82) is 0 Å². The second kappa shape index (κ2) is 10.1. The van der Waals surface area contributed by atoms with Gasteiger partial charge in [-0.2, -0.15) is 13.2 Å². The summed E-state index contributed by atoms with van der Waals surface area (Å²) in [7, 11) is 4.51. The van der Waals surface area contributed by atoms with Crippen molar-refractivity contribution in [2.24, 2.45) is 13.0 Å². The maximum absolute atomic E-state index is 13.4. The molecule has 0 radical (unpaired) electrons. The Morgan fingerprint density at radius 2 is 1.83 bits per heavy atom. The quantitative estimate of drug-likeness (QED) is 0.465. The summed E-state index contributed by atoms with van der Waals surface area (Å²) in [6, 6.07) is 6.38. The van der Waals surface area contributed by atoms with Crippen molar-refractivity contribution in [1.82, 2.24) is 40.0 Å². The van der Waals surface area contributed by atoms with E-state index in [0.29, 0.717) is 23.9 Å². The average Bonchev–Trinajstić information content (AvgIpc) is 3.73. The number of carbonyl (C=O) groups is 2. The number of benzene rings is 1. The van der Waals surface area contributed by atoms with Gasteiger partial charge in [-0.05, 0) is 18.4 Å². The van der Waals surface area contributed by atoms with E-state index in [4.69, 9.17) is 4.74 Å². The molecule has 0 bridgehead atoms. The molecule has 11 nitrogen and oxygen atoms in total. The van der Waals surface area contributed by atoms with Crippen LogP contribution in [0.3, 0.4) is 0 Å². The largest absolute Gasteiger partial charge is 0.481 e. The molecule has 1 aliphatic carbocycles. The SMILES string of the molecule is COc1ncnc(C2CC2)c1C1NCC2C(=O)N(C)C(=O)N(Cc3ccc(-c4nc(C(F)(F)F)cn4C)cc3)C2N1. The highest BCUT2D eigenvalue weighted by Crippen LogP contribution is 2.44. The summed E-state index contributed by atoms with van der Waals surface area (Å²) in [6.45, 7) is 0.487. The van der Waals surface area contributed by atoms with Gasteiger partial charge in [0, 0.05) is 44.9 Å². The molecule has 4 heterocycles. The van der Waals surface area contributed by atoms with Crippen LogP contribution in [0.4, 0.5) is 18.0 Å². The van der Waals surface area contributed by atoms with Gasteiger partial charge in [0.05, 0.1) is 36.6 Å². The molecule has 3 atom stereocenters. The van der Waals surface area contributed by atoms with Crippen molar-refractivity contribution in [2.75, 3.05) is 20.7 Å². The highest BCUT2D eigenvalue weighted by atomic mass is 19.4. The lowest BCUT2D eigenvalue weighted by Gasteiger charge is -2.48. The molecule has 2 aromatic heterocycles. The first-order valence-corrected chi connectivity index (χ1v) is 13.2. The minimum Gasteiger partial charge on any atom is -0.481 e. The van der Waals surface area contributed by atoms with E-state index in [1.54, 1.807) is 36.3 Å². The average molecular weight is 571 g/mol. The fourth-order valence-corrected chi connectivity index (χ4v) is 5.57. The number of fused-ring (bicyclic) bond motifs is 1. The van der Waals surface area contributed by atoms with Crippen LogP contribution in [0.5, 0.6) is 5.88 Å². The number of methoxy groups -OCH3 is 1. The van der Waals surface area contributed by atoms with Crippen LogP contribution >= 0.6 is 0 Å². The molecule has 1 aromatic carbocycles. The molecule has 3 aromatic rings. The molecule has 3 fully saturated rings. The van der Waals surface area contributed by atoms with Gasteiger partial charge >= 0.3 is 12.2 Å². The number of urea groups is 1. The fourth-order valence-electron chi connectivity index (χ4n) is 5.57. The van der Waals surface area contributed by atoms with Gasteiger partial charge in [-0.15, -0.1) is 0 Å². The van der Waals surface area contributed by atoms with Crippen molar-refractivity contribution in [3.05, 3.63) is 59.3 Å². The lowest BCUT2D eigenvalue weighted by atomic mass is 9.95. The number of aryl methyl sites for hydroxylation is 1. The molecule has 216 valence electrons. The summed E-state index contributed by atoms with van der Waals surface area (Å²) in [5.41, 5.74) is 1.94. The summed E-state index contributed by atoms with van der Waals surface area (Å²) >= 11 is 0. The molecule has 2 aliphatic heterocycles. The number of hydrogen-bond acceptors (Lipinski definition) is 8. The summed E-state index contributed by atoms with van der Waals surface area (Å²) in [5, 5.41) is 6.83. The number of nitrogens with zero attached hydrogens (tertiary/aromatic N) is 6. The number of nitrogens with one attached hydrogen (secondary N) is 2. The number of amides is 3. The fraction of sp³-hybridized carbons (Fsp3) is 0.444. The molecule has 2 saturated heterocycles. The smallest absolute Gasteiger partial charge is 0.434 e. The Morgan fingerprint density at radius 3 is 2.46 bits per heavy atom. The van der Waals surface area contributed by atoms with Crippen LogP contribution < -0.4 is 15.4 Å². The Labute approximate surface area is 233 Å². The second-order valence-corrected chi connectivity index (χ2v) is 10.6. The second-order valence-electron chi connectivity index (χ2n) is 10.6. The molecular formula is C27H29F3N8O3. The van der Waals surface area contributed by atoms with Crippen LogP contribution in [-0.4, -0.2) is 68.1 Å². The van der Waals surface area contributed by atoms with E-state index >= 15 is 0 Å². The zero-order valence-corrected chi connectivity index (χ0v) is 22.6. The predicted octanol–water partition coefficient (Wildman–Crippen LogP) is 3.01. The van der Waals surface area contributed by atoms with E-state index in [0.717, 1.165) is 40.8 Å². The number of rotatable bonds is 6. The highest BCUT2D eigenvalue weighted by Gasteiger charge is 2.49. The Morgan fingerprint density at radius 1 is 1.10 bits per heavy atom. The Kier molecular flexibility index (Phi) is 6.69. The molecule has 14 heteroatoms. The van der Waals surface area contributed by atoms with Gasteiger partial charge in [-0.3, -0.25) is 20.3 Å². The van der Waals surface area contributed by atoms with E-state index in [-0.39, 0.29) is 18.3 Å². The van der Waals surface area contributed by atoms with Gasteiger partial charge in [0.25, 0.3) is 0 Å². The number of hydrogen-bond donors (Lipinski definition) is 2. The standard InChI is InChI=1S/C27H29F3N8O3/c1-36-12-18(27(28,29)30)34-22(36)16-6-4-14(5-7-16)11-38-23-17(25(39)37(2)26(38)40)10-31-21(35-23)19-20(15-8-9-15)32-13-33-24(19)41-3/h4-7,12-13,15,17,21,23,31,35H,8-11H2,1-3H3. The maximum Gasteiger partial charge on any atom is 0.434 e.